The van der Waals surface area contributed by atoms with Crippen molar-refractivity contribution in [2.45, 2.75) is 58.1 Å². The SMILES string of the molecule is CCC(C)NS(=O)(=O)c1ccc(C(=O)OC(C)C(=O)NCC(=O)Nc2c(C)cccc2C)cc1. The summed E-state index contributed by atoms with van der Waals surface area (Å²) in [5, 5.41) is 5.19. The minimum atomic E-state index is -3.70. The fourth-order valence-corrected chi connectivity index (χ4v) is 4.30. The van der Waals surface area contributed by atoms with Crippen molar-refractivity contribution < 1.29 is 27.5 Å². The number of hydrogen-bond donors (Lipinski definition) is 3. The second kappa shape index (κ2) is 11.8. The summed E-state index contributed by atoms with van der Waals surface area (Å²) in [5.74, 6) is -1.84. The van der Waals surface area contributed by atoms with E-state index in [1.54, 1.807) is 6.92 Å². The number of hydrogen-bond acceptors (Lipinski definition) is 6. The van der Waals surface area contributed by atoms with Crippen LogP contribution in [0.5, 0.6) is 0 Å². The molecule has 10 heteroatoms. The monoisotopic (exact) mass is 489 g/mol. The van der Waals surface area contributed by atoms with Gasteiger partial charge in [0.05, 0.1) is 17.0 Å². The van der Waals surface area contributed by atoms with Crippen LogP contribution in [0.15, 0.2) is 47.4 Å². The lowest BCUT2D eigenvalue weighted by molar-refractivity contribution is -0.130. The van der Waals surface area contributed by atoms with E-state index in [4.69, 9.17) is 4.74 Å². The summed E-state index contributed by atoms with van der Waals surface area (Å²) in [6, 6.07) is 10.6. The number of benzene rings is 2. The summed E-state index contributed by atoms with van der Waals surface area (Å²) in [4.78, 5) is 36.8. The highest BCUT2D eigenvalue weighted by atomic mass is 32.2. The van der Waals surface area contributed by atoms with E-state index < -0.39 is 33.9 Å². The zero-order valence-electron chi connectivity index (χ0n) is 20.0. The molecule has 2 aromatic carbocycles. The molecule has 3 N–H and O–H groups in total. The third-order valence-corrected chi connectivity index (χ3v) is 6.80. The van der Waals surface area contributed by atoms with Crippen LogP contribution < -0.4 is 15.4 Å². The number of ether oxygens (including phenoxy) is 1. The first kappa shape index (κ1) is 27.0. The fraction of sp³-hybridized carbons (Fsp3) is 0.375. The zero-order valence-corrected chi connectivity index (χ0v) is 20.8. The number of aryl methyl sites for hydroxylation is 2. The lowest BCUT2D eigenvalue weighted by Crippen LogP contribution is -2.40. The van der Waals surface area contributed by atoms with Crippen LogP contribution in [-0.4, -0.2) is 44.9 Å². The maximum atomic E-state index is 12.4. The Morgan fingerprint density at radius 3 is 2.12 bits per heavy atom. The summed E-state index contributed by atoms with van der Waals surface area (Å²) >= 11 is 0. The first-order chi connectivity index (χ1) is 15.9. The predicted octanol–water partition coefficient (Wildman–Crippen LogP) is 2.68. The van der Waals surface area contributed by atoms with Gasteiger partial charge in [0.2, 0.25) is 15.9 Å². The topological polar surface area (TPSA) is 131 Å². The summed E-state index contributed by atoms with van der Waals surface area (Å²) in [5.41, 5.74) is 2.58. The molecule has 0 saturated carbocycles. The maximum absolute atomic E-state index is 12.4. The molecule has 9 nitrogen and oxygen atoms in total. The number of amides is 2. The number of carbonyl (C=O) groups is 3. The number of anilines is 1. The highest BCUT2D eigenvalue weighted by Crippen LogP contribution is 2.19. The summed E-state index contributed by atoms with van der Waals surface area (Å²) in [7, 11) is -3.70. The number of nitrogens with one attached hydrogen (secondary N) is 3. The second-order valence-electron chi connectivity index (χ2n) is 8.04. The van der Waals surface area contributed by atoms with Gasteiger partial charge in [0.15, 0.2) is 6.10 Å². The van der Waals surface area contributed by atoms with Crippen molar-refractivity contribution in [3.05, 3.63) is 59.2 Å². The largest absolute Gasteiger partial charge is 0.449 e. The fourth-order valence-electron chi connectivity index (χ4n) is 2.97. The van der Waals surface area contributed by atoms with E-state index >= 15 is 0 Å². The van der Waals surface area contributed by atoms with Gasteiger partial charge in [-0.3, -0.25) is 9.59 Å². The van der Waals surface area contributed by atoms with Gasteiger partial charge in [0.1, 0.15) is 0 Å². The Kier molecular flexibility index (Phi) is 9.34. The molecule has 0 saturated heterocycles. The van der Waals surface area contributed by atoms with Crippen molar-refractivity contribution in [1.29, 1.82) is 0 Å². The average molecular weight is 490 g/mol. The van der Waals surface area contributed by atoms with Gasteiger partial charge in [-0.05, 0) is 69.5 Å². The minimum absolute atomic E-state index is 0.0186. The summed E-state index contributed by atoms with van der Waals surface area (Å²) in [6.07, 6.45) is -0.521. The Balaban J connectivity index is 1.90. The Labute approximate surface area is 200 Å². The third kappa shape index (κ3) is 7.39. The molecule has 0 aromatic heterocycles. The Bertz CT molecular complexity index is 1130. The van der Waals surface area contributed by atoms with Crippen LogP contribution in [0, 0.1) is 13.8 Å². The van der Waals surface area contributed by atoms with Crippen LogP contribution in [0.2, 0.25) is 0 Å². The molecule has 0 fully saturated rings. The Morgan fingerprint density at radius 1 is 0.971 bits per heavy atom. The van der Waals surface area contributed by atoms with Crippen molar-refractivity contribution in [2.24, 2.45) is 0 Å². The van der Waals surface area contributed by atoms with E-state index in [1.807, 2.05) is 39.0 Å². The number of sulfonamides is 1. The van der Waals surface area contributed by atoms with Gasteiger partial charge in [-0.25, -0.2) is 17.9 Å². The van der Waals surface area contributed by atoms with Gasteiger partial charge in [-0.15, -0.1) is 0 Å². The normalized spacial score (nSPS) is 13.0. The van der Waals surface area contributed by atoms with Crippen LogP contribution in [0.3, 0.4) is 0 Å². The van der Waals surface area contributed by atoms with E-state index in [2.05, 4.69) is 15.4 Å². The molecule has 0 aliphatic rings. The quantitative estimate of drug-likeness (QED) is 0.440. The van der Waals surface area contributed by atoms with E-state index in [9.17, 15) is 22.8 Å². The van der Waals surface area contributed by atoms with Crippen LogP contribution in [0.1, 0.15) is 48.7 Å². The van der Waals surface area contributed by atoms with Gasteiger partial charge in [-0.1, -0.05) is 25.1 Å². The Morgan fingerprint density at radius 2 is 1.56 bits per heavy atom. The molecule has 2 unspecified atom stereocenters. The number of esters is 1. The smallest absolute Gasteiger partial charge is 0.338 e. The molecular weight excluding hydrogens is 458 g/mol. The third-order valence-electron chi connectivity index (χ3n) is 5.19. The van der Waals surface area contributed by atoms with Crippen molar-refractivity contribution >= 4 is 33.5 Å². The minimum Gasteiger partial charge on any atom is -0.449 e. The number of carbonyl (C=O) groups excluding carboxylic acids is 3. The van der Waals surface area contributed by atoms with Crippen LogP contribution in [-0.2, 0) is 24.3 Å². The average Bonchev–Trinajstić information content (AvgIpc) is 2.79. The van der Waals surface area contributed by atoms with Crippen LogP contribution >= 0.6 is 0 Å². The van der Waals surface area contributed by atoms with Crippen LogP contribution in [0.25, 0.3) is 0 Å². The maximum Gasteiger partial charge on any atom is 0.338 e. The molecule has 0 heterocycles. The molecule has 0 radical (unpaired) electrons. The van der Waals surface area contributed by atoms with E-state index in [-0.39, 0.29) is 23.0 Å². The molecule has 2 atom stereocenters. The number of para-hydroxylation sites is 1. The molecule has 34 heavy (non-hydrogen) atoms. The predicted molar refractivity (Wildman–Crippen MR) is 129 cm³/mol. The van der Waals surface area contributed by atoms with Gasteiger partial charge in [-0.2, -0.15) is 0 Å². The molecule has 2 amide bonds. The lowest BCUT2D eigenvalue weighted by atomic mass is 10.1. The highest BCUT2D eigenvalue weighted by Gasteiger charge is 2.21. The van der Waals surface area contributed by atoms with E-state index in [1.165, 1.54) is 31.2 Å². The van der Waals surface area contributed by atoms with Gasteiger partial charge < -0.3 is 15.4 Å². The van der Waals surface area contributed by atoms with Gasteiger partial charge >= 0.3 is 5.97 Å². The molecule has 0 aliphatic heterocycles. The lowest BCUT2D eigenvalue weighted by Gasteiger charge is -2.15. The van der Waals surface area contributed by atoms with Crippen molar-refractivity contribution in [3.63, 3.8) is 0 Å². The van der Waals surface area contributed by atoms with E-state index in [0.717, 1.165) is 11.1 Å². The Hall–Kier alpha value is -3.24. The molecule has 0 bridgehead atoms. The van der Waals surface area contributed by atoms with Gasteiger partial charge in [0, 0.05) is 11.7 Å². The van der Waals surface area contributed by atoms with Crippen molar-refractivity contribution in [3.8, 4) is 0 Å². The highest BCUT2D eigenvalue weighted by molar-refractivity contribution is 7.89. The molecule has 0 aliphatic carbocycles. The van der Waals surface area contributed by atoms with Gasteiger partial charge in [0.25, 0.3) is 5.91 Å². The molecule has 184 valence electrons. The summed E-state index contributed by atoms with van der Waals surface area (Å²) in [6.45, 7) is 8.44. The zero-order chi connectivity index (χ0) is 25.5. The van der Waals surface area contributed by atoms with Crippen LogP contribution in [0.4, 0.5) is 5.69 Å². The summed E-state index contributed by atoms with van der Waals surface area (Å²) < 4.78 is 32.3. The first-order valence-corrected chi connectivity index (χ1v) is 12.4. The van der Waals surface area contributed by atoms with Crippen molar-refractivity contribution in [1.82, 2.24) is 10.0 Å². The second-order valence-corrected chi connectivity index (χ2v) is 9.75. The number of rotatable bonds is 10. The molecule has 0 spiro atoms. The first-order valence-electron chi connectivity index (χ1n) is 10.9. The molecular formula is C24H31N3O6S. The van der Waals surface area contributed by atoms with Crippen molar-refractivity contribution in [2.75, 3.05) is 11.9 Å². The van der Waals surface area contributed by atoms with E-state index in [0.29, 0.717) is 12.1 Å². The molecule has 2 rings (SSSR count). The molecule has 2 aromatic rings. The standard InChI is InChI=1S/C24H31N3O6S/c1-6-17(4)27-34(31,32)20-12-10-19(11-13-20)24(30)33-18(5)23(29)25-14-21(28)26-22-15(2)8-7-9-16(22)3/h7-13,17-18,27H,6,14H2,1-5H3,(H,25,29)(H,26,28).